The Labute approximate surface area is 122 Å². The van der Waals surface area contributed by atoms with Gasteiger partial charge in [-0.05, 0) is 37.4 Å². The summed E-state index contributed by atoms with van der Waals surface area (Å²) in [6.45, 7) is 5.04. The van der Waals surface area contributed by atoms with Crippen LogP contribution in [-0.4, -0.2) is 6.04 Å². The third-order valence-electron chi connectivity index (χ3n) is 2.94. The number of halogens is 1. The van der Waals surface area contributed by atoms with E-state index in [9.17, 15) is 5.26 Å². The molecule has 2 nitrogen and oxygen atoms in total. The highest BCUT2D eigenvalue weighted by Gasteiger charge is 2.17. The van der Waals surface area contributed by atoms with Crippen molar-refractivity contribution in [3.63, 3.8) is 0 Å². The van der Waals surface area contributed by atoms with E-state index in [-0.39, 0.29) is 0 Å². The number of nitriles is 1. The van der Waals surface area contributed by atoms with Gasteiger partial charge in [-0.25, -0.2) is 0 Å². The van der Waals surface area contributed by atoms with Crippen molar-refractivity contribution in [2.24, 2.45) is 0 Å². The molecule has 0 unspecified atom stereocenters. The van der Waals surface area contributed by atoms with Gasteiger partial charge in [0, 0.05) is 10.9 Å². The Morgan fingerprint density at radius 2 is 2.11 bits per heavy atom. The van der Waals surface area contributed by atoms with Crippen molar-refractivity contribution < 1.29 is 0 Å². The maximum Gasteiger partial charge on any atom is 0.103 e. The van der Waals surface area contributed by atoms with Crippen LogP contribution in [0.25, 0.3) is 0 Å². The number of benzene rings is 1. The molecule has 1 aromatic heterocycles. The fourth-order valence-electron chi connectivity index (χ4n) is 1.98. The van der Waals surface area contributed by atoms with Gasteiger partial charge in [-0.2, -0.15) is 5.26 Å². The molecule has 0 atom stereocenters. The normalized spacial score (nSPS) is 10.5. The maximum absolute atomic E-state index is 9.30. The lowest BCUT2D eigenvalue weighted by Gasteiger charge is -2.29. The predicted molar refractivity (Wildman–Crippen MR) is 81.8 cm³/mol. The summed E-state index contributed by atoms with van der Waals surface area (Å²) in [5.74, 6) is 0. The van der Waals surface area contributed by atoms with Crippen molar-refractivity contribution >= 4 is 28.6 Å². The number of thiophene rings is 1. The first-order valence-electron chi connectivity index (χ1n) is 6.11. The van der Waals surface area contributed by atoms with Crippen LogP contribution in [0.2, 0.25) is 5.02 Å². The second kappa shape index (κ2) is 6.10. The maximum atomic E-state index is 9.30. The van der Waals surface area contributed by atoms with Gasteiger partial charge < -0.3 is 4.90 Å². The minimum Gasteiger partial charge on any atom is -0.363 e. The number of rotatable bonds is 4. The Kier molecular flexibility index (Phi) is 4.47. The van der Waals surface area contributed by atoms with Crippen LogP contribution >= 0.6 is 22.9 Å². The summed E-state index contributed by atoms with van der Waals surface area (Å²) in [4.78, 5) is 3.48. The van der Waals surface area contributed by atoms with Crippen molar-refractivity contribution in [3.05, 3.63) is 51.2 Å². The molecule has 0 bridgehead atoms. The summed E-state index contributed by atoms with van der Waals surface area (Å²) < 4.78 is 0. The molecule has 0 saturated carbocycles. The minimum atomic E-state index is 0.299. The third kappa shape index (κ3) is 3.09. The monoisotopic (exact) mass is 290 g/mol. The molecule has 0 radical (unpaired) electrons. The second-order valence-electron chi connectivity index (χ2n) is 4.55. The van der Waals surface area contributed by atoms with E-state index < -0.39 is 0 Å². The molecule has 0 saturated heterocycles. The third-order valence-corrected chi connectivity index (χ3v) is 4.12. The van der Waals surface area contributed by atoms with Gasteiger partial charge in [0.1, 0.15) is 6.07 Å². The van der Waals surface area contributed by atoms with Crippen molar-refractivity contribution in [3.8, 4) is 6.07 Å². The van der Waals surface area contributed by atoms with Gasteiger partial charge in [-0.3, -0.25) is 0 Å². The van der Waals surface area contributed by atoms with E-state index in [0.29, 0.717) is 16.6 Å². The number of nitrogens with zero attached hydrogens (tertiary/aromatic N) is 2. The molecule has 19 heavy (non-hydrogen) atoms. The van der Waals surface area contributed by atoms with E-state index in [1.54, 1.807) is 17.4 Å². The first-order valence-corrected chi connectivity index (χ1v) is 7.37. The van der Waals surface area contributed by atoms with Crippen molar-refractivity contribution in [2.45, 2.75) is 26.4 Å². The van der Waals surface area contributed by atoms with Gasteiger partial charge in [0.15, 0.2) is 0 Å². The molecule has 0 aliphatic rings. The van der Waals surface area contributed by atoms with Crippen molar-refractivity contribution in [1.82, 2.24) is 0 Å². The molecule has 1 heterocycles. The highest BCUT2D eigenvalue weighted by atomic mass is 35.5. The number of anilines is 1. The standard InChI is InChI=1S/C15H15ClN2S/c1-11(2)18(10-12-5-4-8-19-12)15-7-3-6-14(16)13(15)9-17/h3-8,11H,10H2,1-2H3. The zero-order valence-electron chi connectivity index (χ0n) is 10.9. The summed E-state index contributed by atoms with van der Waals surface area (Å²) in [5.41, 5.74) is 1.45. The molecule has 4 heteroatoms. The largest absolute Gasteiger partial charge is 0.363 e. The van der Waals surface area contributed by atoms with E-state index >= 15 is 0 Å². The summed E-state index contributed by atoms with van der Waals surface area (Å²) in [6, 6.07) is 12.3. The van der Waals surface area contributed by atoms with Crippen LogP contribution in [0.5, 0.6) is 0 Å². The molecule has 0 aliphatic carbocycles. The Hall–Kier alpha value is -1.50. The van der Waals surface area contributed by atoms with E-state index in [0.717, 1.165) is 12.2 Å². The molecule has 0 fully saturated rings. The highest BCUT2D eigenvalue weighted by molar-refractivity contribution is 7.09. The van der Waals surface area contributed by atoms with Gasteiger partial charge >= 0.3 is 0 Å². The molecule has 0 aliphatic heterocycles. The lowest BCUT2D eigenvalue weighted by Crippen LogP contribution is -2.30. The second-order valence-corrected chi connectivity index (χ2v) is 5.99. The van der Waals surface area contributed by atoms with Crippen LogP contribution in [0, 0.1) is 11.3 Å². The molecule has 98 valence electrons. The fourth-order valence-corrected chi connectivity index (χ4v) is 2.89. The predicted octanol–water partition coefficient (Wildman–Crippen LogP) is 4.69. The van der Waals surface area contributed by atoms with Gasteiger partial charge in [-0.15, -0.1) is 11.3 Å². The summed E-state index contributed by atoms with van der Waals surface area (Å²) >= 11 is 7.84. The molecular formula is C15H15ClN2S. The smallest absolute Gasteiger partial charge is 0.103 e. The van der Waals surface area contributed by atoms with Gasteiger partial charge in [0.25, 0.3) is 0 Å². The summed E-state index contributed by atoms with van der Waals surface area (Å²) in [7, 11) is 0. The van der Waals surface area contributed by atoms with Crippen LogP contribution in [-0.2, 0) is 6.54 Å². The van der Waals surface area contributed by atoms with E-state index in [2.05, 4.69) is 36.3 Å². The molecule has 0 N–H and O–H groups in total. The summed E-state index contributed by atoms with van der Waals surface area (Å²) in [5, 5.41) is 11.9. The topological polar surface area (TPSA) is 27.0 Å². The van der Waals surface area contributed by atoms with Crippen molar-refractivity contribution in [2.75, 3.05) is 4.90 Å². The Morgan fingerprint density at radius 1 is 1.32 bits per heavy atom. The van der Waals surface area contributed by atoms with Crippen LogP contribution in [0.1, 0.15) is 24.3 Å². The van der Waals surface area contributed by atoms with E-state index in [4.69, 9.17) is 11.6 Å². The van der Waals surface area contributed by atoms with Crippen LogP contribution in [0.3, 0.4) is 0 Å². The van der Waals surface area contributed by atoms with E-state index in [1.807, 2.05) is 18.2 Å². The molecule has 2 rings (SSSR count). The average Bonchev–Trinajstić information content (AvgIpc) is 2.88. The Balaban J connectivity index is 2.40. The quantitative estimate of drug-likeness (QED) is 0.817. The number of hydrogen-bond donors (Lipinski definition) is 0. The first-order chi connectivity index (χ1) is 9.13. The Bertz CT molecular complexity index is 585. The average molecular weight is 291 g/mol. The lowest BCUT2D eigenvalue weighted by atomic mass is 10.1. The molecular weight excluding hydrogens is 276 g/mol. The molecule has 0 spiro atoms. The summed E-state index contributed by atoms with van der Waals surface area (Å²) in [6.07, 6.45) is 0. The first kappa shape index (κ1) is 13.9. The Morgan fingerprint density at radius 3 is 2.68 bits per heavy atom. The molecule has 1 aromatic carbocycles. The van der Waals surface area contributed by atoms with Gasteiger partial charge in [0.2, 0.25) is 0 Å². The number of hydrogen-bond acceptors (Lipinski definition) is 3. The van der Waals surface area contributed by atoms with Gasteiger partial charge in [0.05, 0.1) is 22.8 Å². The zero-order valence-corrected chi connectivity index (χ0v) is 12.5. The lowest BCUT2D eigenvalue weighted by molar-refractivity contribution is 0.686. The van der Waals surface area contributed by atoms with Crippen molar-refractivity contribution in [1.29, 1.82) is 5.26 Å². The molecule has 2 aromatic rings. The van der Waals surface area contributed by atoms with Crippen LogP contribution in [0.4, 0.5) is 5.69 Å². The SMILES string of the molecule is CC(C)N(Cc1cccs1)c1cccc(Cl)c1C#N. The highest BCUT2D eigenvalue weighted by Crippen LogP contribution is 2.30. The minimum absolute atomic E-state index is 0.299. The van der Waals surface area contributed by atoms with Crippen LogP contribution in [0.15, 0.2) is 35.7 Å². The fraction of sp³-hybridized carbons (Fsp3) is 0.267. The van der Waals surface area contributed by atoms with Crippen LogP contribution < -0.4 is 4.90 Å². The van der Waals surface area contributed by atoms with E-state index in [1.165, 1.54) is 4.88 Å². The molecule has 0 amide bonds. The van der Waals surface area contributed by atoms with Gasteiger partial charge in [-0.1, -0.05) is 23.7 Å². The zero-order chi connectivity index (χ0) is 13.8.